The maximum absolute atomic E-state index is 13.4. The van der Waals surface area contributed by atoms with Crippen LogP contribution < -0.4 is 10.6 Å². The van der Waals surface area contributed by atoms with Crippen LogP contribution in [0, 0.1) is 5.82 Å². The van der Waals surface area contributed by atoms with E-state index in [2.05, 4.69) is 20.6 Å². The Morgan fingerprint density at radius 3 is 3.06 bits per heavy atom. The lowest BCUT2D eigenvalue weighted by atomic mass is 10.1. The third-order valence-electron chi connectivity index (χ3n) is 2.41. The average molecular weight is 255 g/mol. The van der Waals surface area contributed by atoms with Gasteiger partial charge in [0.2, 0.25) is 5.28 Å². The molecule has 0 radical (unpaired) electrons. The summed E-state index contributed by atoms with van der Waals surface area (Å²) in [6.07, 6.45) is 6.79. The van der Waals surface area contributed by atoms with Gasteiger partial charge in [-0.15, -0.1) is 0 Å². The van der Waals surface area contributed by atoms with Crippen molar-refractivity contribution >= 4 is 17.4 Å². The predicted octanol–water partition coefficient (Wildman–Crippen LogP) is 2.46. The van der Waals surface area contributed by atoms with Gasteiger partial charge in [0.1, 0.15) is 0 Å². The molecule has 0 spiro atoms. The van der Waals surface area contributed by atoms with Gasteiger partial charge in [-0.25, -0.2) is 9.37 Å². The van der Waals surface area contributed by atoms with Crippen LogP contribution in [-0.2, 0) is 0 Å². The minimum atomic E-state index is -0.528. The Labute approximate surface area is 104 Å². The molecule has 0 saturated heterocycles. The van der Waals surface area contributed by atoms with E-state index in [4.69, 9.17) is 11.6 Å². The standard InChI is InChI=1S/C11H12ClFN4/c1-14-7-3-2-4-8(5-7)16-10-9(13)6-15-11(12)17-10/h4-6,14H,2-3H2,1H3,(H,15,16,17). The molecule has 1 aliphatic carbocycles. The number of halogens is 2. The van der Waals surface area contributed by atoms with E-state index in [9.17, 15) is 4.39 Å². The van der Waals surface area contributed by atoms with E-state index in [-0.39, 0.29) is 11.1 Å². The van der Waals surface area contributed by atoms with Crippen LogP contribution in [-0.4, -0.2) is 17.0 Å². The Kier molecular flexibility index (Phi) is 3.58. The van der Waals surface area contributed by atoms with Gasteiger partial charge < -0.3 is 10.6 Å². The Bertz CT molecular complexity index is 484. The maximum atomic E-state index is 13.4. The zero-order valence-electron chi connectivity index (χ0n) is 9.30. The normalized spacial score (nSPS) is 15.0. The van der Waals surface area contributed by atoms with Gasteiger partial charge in [0.25, 0.3) is 0 Å². The molecule has 0 aromatic carbocycles. The maximum Gasteiger partial charge on any atom is 0.224 e. The molecule has 0 saturated carbocycles. The third-order valence-corrected chi connectivity index (χ3v) is 2.59. The zero-order valence-corrected chi connectivity index (χ0v) is 10.1. The zero-order chi connectivity index (χ0) is 12.3. The van der Waals surface area contributed by atoms with E-state index >= 15 is 0 Å². The average Bonchev–Trinajstić information content (AvgIpc) is 2.34. The topological polar surface area (TPSA) is 49.8 Å². The van der Waals surface area contributed by atoms with Crippen molar-refractivity contribution in [2.45, 2.75) is 12.8 Å². The first-order valence-electron chi connectivity index (χ1n) is 5.22. The van der Waals surface area contributed by atoms with E-state index in [0.717, 1.165) is 30.4 Å². The van der Waals surface area contributed by atoms with Crippen molar-refractivity contribution in [2.24, 2.45) is 0 Å². The van der Waals surface area contributed by atoms with Gasteiger partial charge in [0.05, 0.1) is 6.20 Å². The third kappa shape index (κ3) is 2.94. The van der Waals surface area contributed by atoms with Crippen molar-refractivity contribution in [1.82, 2.24) is 15.3 Å². The van der Waals surface area contributed by atoms with E-state index in [1.165, 1.54) is 0 Å². The molecule has 0 fully saturated rings. The quantitative estimate of drug-likeness (QED) is 0.814. The number of nitrogens with zero attached hydrogens (tertiary/aromatic N) is 2. The number of nitrogens with one attached hydrogen (secondary N) is 2. The largest absolute Gasteiger partial charge is 0.391 e. The minimum absolute atomic E-state index is 0.0168. The molecule has 2 N–H and O–H groups in total. The molecule has 2 rings (SSSR count). The summed E-state index contributed by atoms with van der Waals surface area (Å²) < 4.78 is 13.4. The number of hydrogen-bond donors (Lipinski definition) is 2. The first-order chi connectivity index (χ1) is 8.19. The lowest BCUT2D eigenvalue weighted by Gasteiger charge is -2.15. The lowest BCUT2D eigenvalue weighted by Crippen LogP contribution is -2.12. The molecule has 0 bridgehead atoms. The molecule has 0 amide bonds. The van der Waals surface area contributed by atoms with Crippen molar-refractivity contribution < 1.29 is 4.39 Å². The molecular formula is C11H12ClFN4. The summed E-state index contributed by atoms with van der Waals surface area (Å²) >= 11 is 5.61. The van der Waals surface area contributed by atoms with Crippen LogP contribution in [0.2, 0.25) is 5.28 Å². The first kappa shape index (κ1) is 11.9. The molecule has 0 aliphatic heterocycles. The molecule has 6 heteroatoms. The molecule has 0 atom stereocenters. The van der Waals surface area contributed by atoms with Gasteiger partial charge in [0, 0.05) is 18.4 Å². The summed E-state index contributed by atoms with van der Waals surface area (Å²) in [4.78, 5) is 7.35. The molecule has 1 aromatic heterocycles. The molecule has 1 aliphatic rings. The Balaban J connectivity index is 2.18. The van der Waals surface area contributed by atoms with Gasteiger partial charge in [0.15, 0.2) is 11.6 Å². The number of anilines is 1. The second-order valence-electron chi connectivity index (χ2n) is 3.58. The number of aromatic nitrogens is 2. The van der Waals surface area contributed by atoms with Crippen molar-refractivity contribution in [3.63, 3.8) is 0 Å². The van der Waals surface area contributed by atoms with Gasteiger partial charge in [-0.05, 0) is 30.5 Å². The monoisotopic (exact) mass is 254 g/mol. The fourth-order valence-corrected chi connectivity index (χ4v) is 1.69. The van der Waals surface area contributed by atoms with Gasteiger partial charge in [-0.3, -0.25) is 0 Å². The van der Waals surface area contributed by atoms with Crippen molar-refractivity contribution in [1.29, 1.82) is 0 Å². The smallest absolute Gasteiger partial charge is 0.224 e. The number of hydrogen-bond acceptors (Lipinski definition) is 4. The highest BCUT2D eigenvalue weighted by atomic mass is 35.5. The number of rotatable bonds is 3. The molecule has 90 valence electrons. The van der Waals surface area contributed by atoms with Crippen LogP contribution >= 0.6 is 11.6 Å². The predicted molar refractivity (Wildman–Crippen MR) is 65.1 cm³/mol. The summed E-state index contributed by atoms with van der Waals surface area (Å²) in [6, 6.07) is 0. The van der Waals surface area contributed by atoms with E-state index in [1.807, 2.05) is 19.2 Å². The van der Waals surface area contributed by atoms with Crippen LogP contribution in [0.5, 0.6) is 0 Å². The molecule has 1 heterocycles. The Hall–Kier alpha value is -1.62. The summed E-state index contributed by atoms with van der Waals surface area (Å²) in [5.74, 6) is -0.440. The highest BCUT2D eigenvalue weighted by Crippen LogP contribution is 2.19. The van der Waals surface area contributed by atoms with Gasteiger partial charge >= 0.3 is 0 Å². The minimum Gasteiger partial charge on any atom is -0.391 e. The molecule has 17 heavy (non-hydrogen) atoms. The fraction of sp³-hybridized carbons (Fsp3) is 0.273. The molecular weight excluding hydrogens is 243 g/mol. The van der Waals surface area contributed by atoms with Crippen molar-refractivity contribution in [3.8, 4) is 0 Å². The van der Waals surface area contributed by atoms with E-state index < -0.39 is 5.82 Å². The summed E-state index contributed by atoms with van der Waals surface area (Å²) in [5.41, 5.74) is 1.89. The highest BCUT2D eigenvalue weighted by Gasteiger charge is 2.09. The molecule has 0 unspecified atom stereocenters. The van der Waals surface area contributed by atoms with Gasteiger partial charge in [-0.2, -0.15) is 4.98 Å². The van der Waals surface area contributed by atoms with E-state index in [0.29, 0.717) is 0 Å². The van der Waals surface area contributed by atoms with Gasteiger partial charge in [-0.1, -0.05) is 6.08 Å². The van der Waals surface area contributed by atoms with Crippen LogP contribution in [0.3, 0.4) is 0 Å². The van der Waals surface area contributed by atoms with E-state index in [1.54, 1.807) is 0 Å². The summed E-state index contributed by atoms with van der Waals surface area (Å²) in [7, 11) is 1.86. The Morgan fingerprint density at radius 2 is 2.29 bits per heavy atom. The summed E-state index contributed by atoms with van der Waals surface area (Å²) in [5, 5.41) is 5.98. The van der Waals surface area contributed by atoms with Crippen LogP contribution in [0.25, 0.3) is 0 Å². The highest BCUT2D eigenvalue weighted by molar-refractivity contribution is 6.28. The fourth-order valence-electron chi connectivity index (χ4n) is 1.56. The molecule has 1 aromatic rings. The molecule has 4 nitrogen and oxygen atoms in total. The van der Waals surface area contributed by atoms with Crippen LogP contribution in [0.15, 0.2) is 29.7 Å². The van der Waals surface area contributed by atoms with Crippen molar-refractivity contribution in [2.75, 3.05) is 12.4 Å². The van der Waals surface area contributed by atoms with Crippen LogP contribution in [0.4, 0.5) is 10.2 Å². The Morgan fingerprint density at radius 1 is 1.47 bits per heavy atom. The second-order valence-corrected chi connectivity index (χ2v) is 3.92. The summed E-state index contributed by atoms with van der Waals surface area (Å²) in [6.45, 7) is 0. The SMILES string of the molecule is CNC1=CC(Nc2nc(Cl)ncc2F)=CCC1. The lowest BCUT2D eigenvalue weighted by molar-refractivity contribution is 0.618. The first-order valence-corrected chi connectivity index (χ1v) is 5.60. The number of allylic oxidation sites excluding steroid dienone is 3. The van der Waals surface area contributed by atoms with Crippen LogP contribution in [0.1, 0.15) is 12.8 Å². The van der Waals surface area contributed by atoms with Crippen molar-refractivity contribution in [3.05, 3.63) is 40.8 Å². The second kappa shape index (κ2) is 5.14.